The zero-order valence-corrected chi connectivity index (χ0v) is 17.8. The number of rotatable bonds is 8. The van der Waals surface area contributed by atoms with Gasteiger partial charge in [0.1, 0.15) is 17.7 Å². The van der Waals surface area contributed by atoms with Gasteiger partial charge in [0.05, 0.1) is 11.4 Å². The molecule has 0 saturated carbocycles. The Kier molecular flexibility index (Phi) is 7.98. The maximum atomic E-state index is 13.2. The molecule has 2 aromatic carbocycles. The predicted octanol–water partition coefficient (Wildman–Crippen LogP) is 2.21. The highest BCUT2D eigenvalue weighted by molar-refractivity contribution is 7.89. The summed E-state index contributed by atoms with van der Waals surface area (Å²) in [6, 6.07) is 12.8. The van der Waals surface area contributed by atoms with Crippen molar-refractivity contribution >= 4 is 16.0 Å². The van der Waals surface area contributed by atoms with E-state index in [1.807, 2.05) is 6.92 Å². The van der Waals surface area contributed by atoms with E-state index in [1.165, 1.54) is 30.5 Å². The van der Waals surface area contributed by atoms with Crippen LogP contribution in [0.1, 0.15) is 12.5 Å². The van der Waals surface area contributed by atoms with Gasteiger partial charge in [-0.2, -0.15) is 0 Å². The van der Waals surface area contributed by atoms with Crippen molar-refractivity contribution in [1.29, 1.82) is 0 Å². The molecule has 0 aliphatic rings. The van der Waals surface area contributed by atoms with Crippen LogP contribution in [0.3, 0.4) is 0 Å². The minimum atomic E-state index is -3.54. The van der Waals surface area contributed by atoms with Crippen LogP contribution < -0.4 is 15.4 Å². The largest absolute Gasteiger partial charge is 0.489 e. The van der Waals surface area contributed by atoms with Gasteiger partial charge in [0, 0.05) is 33.8 Å². The lowest BCUT2D eigenvalue weighted by Gasteiger charge is -2.19. The van der Waals surface area contributed by atoms with Gasteiger partial charge in [0.15, 0.2) is 5.96 Å². The number of guanidine groups is 1. The summed E-state index contributed by atoms with van der Waals surface area (Å²) >= 11 is 0. The molecule has 0 aliphatic heterocycles. The van der Waals surface area contributed by atoms with E-state index in [4.69, 9.17) is 4.74 Å². The Bertz CT molecular complexity index is 948. The molecular formula is C20H27FN4O3S. The van der Waals surface area contributed by atoms with Gasteiger partial charge in [-0.15, -0.1) is 0 Å². The molecule has 0 aromatic heterocycles. The lowest BCUT2D eigenvalue weighted by Crippen LogP contribution is -2.41. The average molecular weight is 423 g/mol. The topological polar surface area (TPSA) is 83.0 Å². The summed E-state index contributed by atoms with van der Waals surface area (Å²) in [5, 5.41) is 6.22. The van der Waals surface area contributed by atoms with Crippen LogP contribution in [0, 0.1) is 5.82 Å². The molecule has 0 saturated heterocycles. The van der Waals surface area contributed by atoms with Gasteiger partial charge in [-0.3, -0.25) is 4.99 Å². The first-order chi connectivity index (χ1) is 13.7. The molecule has 7 nitrogen and oxygen atoms in total. The number of aliphatic imine (C=N–C) groups is 1. The van der Waals surface area contributed by atoms with Crippen LogP contribution in [-0.2, 0) is 16.6 Å². The number of hydrogen-bond donors (Lipinski definition) is 2. The molecule has 0 heterocycles. The Morgan fingerprint density at radius 2 is 1.90 bits per heavy atom. The summed E-state index contributed by atoms with van der Waals surface area (Å²) in [7, 11) is 1.08. The van der Waals surface area contributed by atoms with E-state index in [-0.39, 0.29) is 23.4 Å². The second-order valence-corrected chi connectivity index (χ2v) is 8.71. The monoisotopic (exact) mass is 422 g/mol. The third-order valence-electron chi connectivity index (χ3n) is 4.09. The molecule has 9 heteroatoms. The first-order valence-corrected chi connectivity index (χ1v) is 10.5. The maximum Gasteiger partial charge on any atom is 0.242 e. The molecule has 1 atom stereocenters. The Labute approximate surface area is 171 Å². The van der Waals surface area contributed by atoms with E-state index in [0.717, 1.165) is 0 Å². The molecule has 0 aliphatic carbocycles. The van der Waals surface area contributed by atoms with Crippen molar-refractivity contribution in [2.24, 2.45) is 4.99 Å². The summed E-state index contributed by atoms with van der Waals surface area (Å²) in [6.07, 6.45) is -0.239. The highest BCUT2D eigenvalue weighted by Crippen LogP contribution is 2.18. The molecule has 0 radical (unpaired) electrons. The third kappa shape index (κ3) is 6.43. The van der Waals surface area contributed by atoms with Crippen LogP contribution in [0.4, 0.5) is 4.39 Å². The average Bonchev–Trinajstić information content (AvgIpc) is 2.68. The van der Waals surface area contributed by atoms with Crippen LogP contribution in [0.5, 0.6) is 5.75 Å². The molecule has 2 N–H and O–H groups in total. The minimum Gasteiger partial charge on any atom is -0.489 e. The van der Waals surface area contributed by atoms with Gasteiger partial charge < -0.3 is 15.4 Å². The van der Waals surface area contributed by atoms with E-state index in [2.05, 4.69) is 15.6 Å². The maximum absolute atomic E-state index is 13.2. The normalized spacial score (nSPS) is 13.2. The third-order valence-corrected chi connectivity index (χ3v) is 6.01. The van der Waals surface area contributed by atoms with Gasteiger partial charge in [-0.05, 0) is 30.7 Å². The molecule has 1 unspecified atom stereocenters. The van der Waals surface area contributed by atoms with Crippen LogP contribution in [0.2, 0.25) is 0 Å². The summed E-state index contributed by atoms with van der Waals surface area (Å²) in [4.78, 5) is 4.39. The number of sulfonamides is 1. The van der Waals surface area contributed by atoms with Crippen molar-refractivity contribution in [2.75, 3.05) is 27.7 Å². The van der Waals surface area contributed by atoms with E-state index >= 15 is 0 Å². The smallest absolute Gasteiger partial charge is 0.242 e. The molecule has 0 bridgehead atoms. The second kappa shape index (κ2) is 10.2. The molecule has 0 amide bonds. The van der Waals surface area contributed by atoms with Gasteiger partial charge in [-0.25, -0.2) is 17.1 Å². The Morgan fingerprint density at radius 3 is 2.55 bits per heavy atom. The lowest BCUT2D eigenvalue weighted by molar-refractivity contribution is 0.223. The van der Waals surface area contributed by atoms with Crippen molar-refractivity contribution in [3.63, 3.8) is 0 Å². The minimum absolute atomic E-state index is 0.239. The Balaban J connectivity index is 1.95. The van der Waals surface area contributed by atoms with Crippen LogP contribution >= 0.6 is 0 Å². The van der Waals surface area contributed by atoms with Crippen molar-refractivity contribution in [2.45, 2.75) is 24.5 Å². The predicted molar refractivity (Wildman–Crippen MR) is 112 cm³/mol. The molecule has 0 spiro atoms. The fourth-order valence-corrected chi connectivity index (χ4v) is 3.67. The Morgan fingerprint density at radius 1 is 1.17 bits per heavy atom. The molecule has 2 aromatic rings. The summed E-state index contributed by atoms with van der Waals surface area (Å²) < 4.78 is 45.1. The van der Waals surface area contributed by atoms with E-state index in [9.17, 15) is 12.8 Å². The second-order valence-electron chi connectivity index (χ2n) is 6.59. The van der Waals surface area contributed by atoms with Crippen molar-refractivity contribution < 1.29 is 17.5 Å². The van der Waals surface area contributed by atoms with Crippen molar-refractivity contribution in [3.05, 3.63) is 59.9 Å². The van der Waals surface area contributed by atoms with E-state index < -0.39 is 10.0 Å². The lowest BCUT2D eigenvalue weighted by atomic mass is 10.2. The molecule has 2 rings (SSSR count). The van der Waals surface area contributed by atoms with Crippen LogP contribution in [0.25, 0.3) is 0 Å². The Hall–Kier alpha value is -2.65. The zero-order chi connectivity index (χ0) is 21.4. The fourth-order valence-electron chi connectivity index (χ4n) is 2.55. The highest BCUT2D eigenvalue weighted by atomic mass is 32.2. The van der Waals surface area contributed by atoms with E-state index in [1.54, 1.807) is 43.4 Å². The summed E-state index contributed by atoms with van der Waals surface area (Å²) in [5.41, 5.74) is 0.633. The number of ether oxygens (including phenoxy) is 1. The van der Waals surface area contributed by atoms with Gasteiger partial charge in [-0.1, -0.05) is 24.3 Å². The van der Waals surface area contributed by atoms with Gasteiger partial charge >= 0.3 is 0 Å². The fraction of sp³-hybridized carbons (Fsp3) is 0.350. The molecule has 29 heavy (non-hydrogen) atoms. The first-order valence-electron chi connectivity index (χ1n) is 9.11. The number of halogens is 1. The quantitative estimate of drug-likeness (QED) is 0.503. The number of nitrogens with one attached hydrogen (secondary N) is 2. The van der Waals surface area contributed by atoms with Crippen LogP contribution in [0.15, 0.2) is 58.4 Å². The molecular weight excluding hydrogens is 395 g/mol. The summed E-state index contributed by atoms with van der Waals surface area (Å²) in [5.74, 6) is 0.591. The van der Waals surface area contributed by atoms with Gasteiger partial charge in [0.25, 0.3) is 0 Å². The molecule has 0 fully saturated rings. The van der Waals surface area contributed by atoms with Crippen molar-refractivity contribution in [3.8, 4) is 5.75 Å². The number of hydrogen-bond acceptors (Lipinski definition) is 4. The zero-order valence-electron chi connectivity index (χ0n) is 17.0. The summed E-state index contributed by atoms with van der Waals surface area (Å²) in [6.45, 7) is 2.56. The molecule has 158 valence electrons. The standard InChI is InChI=1S/C20H27FN4O3S/c1-15(28-18-10-7-9-17(21)12-18)13-23-20(22-2)24-14-16-8-5-6-11-19(16)29(26,27)25(3)4/h5-12,15H,13-14H2,1-4H3,(H2,22,23,24). The number of nitrogens with zero attached hydrogens (tertiary/aromatic N) is 2. The van der Waals surface area contributed by atoms with Crippen LogP contribution in [-0.4, -0.2) is 52.5 Å². The number of benzene rings is 2. The first kappa shape index (κ1) is 22.6. The van der Waals surface area contributed by atoms with Gasteiger partial charge in [0.2, 0.25) is 10.0 Å². The highest BCUT2D eigenvalue weighted by Gasteiger charge is 2.20. The SMILES string of the molecule is CN=C(NCc1ccccc1S(=O)(=O)N(C)C)NCC(C)Oc1cccc(F)c1. The van der Waals surface area contributed by atoms with E-state index in [0.29, 0.717) is 23.8 Å². The van der Waals surface area contributed by atoms with Crippen molar-refractivity contribution in [1.82, 2.24) is 14.9 Å².